The molecule has 6 nitrogen and oxygen atoms in total. The van der Waals surface area contributed by atoms with Crippen molar-refractivity contribution in [3.63, 3.8) is 0 Å². The van der Waals surface area contributed by atoms with E-state index in [1.807, 2.05) is 77.1 Å². The van der Waals surface area contributed by atoms with Crippen LogP contribution in [0.1, 0.15) is 50.3 Å². The molecule has 0 aliphatic carbocycles. The molecule has 2 aromatic rings. The van der Waals surface area contributed by atoms with Crippen LogP contribution >= 0.6 is 0 Å². The molecular weight excluding hydrogens is 416 g/mol. The first kappa shape index (κ1) is 24.5. The third-order valence-corrected chi connectivity index (χ3v) is 5.40. The van der Waals surface area contributed by atoms with E-state index in [0.717, 1.165) is 29.0 Å². The van der Waals surface area contributed by atoms with Gasteiger partial charge in [0.25, 0.3) is 11.8 Å². The van der Waals surface area contributed by atoms with Gasteiger partial charge in [-0.05, 0) is 69.9 Å². The Balaban J connectivity index is 1.91. The van der Waals surface area contributed by atoms with Crippen LogP contribution in [0, 0.1) is 13.8 Å². The zero-order chi connectivity index (χ0) is 24.0. The standard InChI is InChI=1S/C27H34N2O4/c1-6-15-33-22-11-9-21(10-12-22)24-25(28-23-13-8-19(4)17-20(23)5)27(31)29(26(24)30)14-7-16-32-18(2)3/h8-13,17-18,28H,6-7,14-16H2,1-5H3. The first-order chi connectivity index (χ1) is 15.8. The lowest BCUT2D eigenvalue weighted by atomic mass is 10.0. The van der Waals surface area contributed by atoms with Gasteiger partial charge in [-0.15, -0.1) is 0 Å². The molecule has 2 amide bonds. The topological polar surface area (TPSA) is 67.9 Å². The minimum atomic E-state index is -0.314. The molecule has 0 spiro atoms. The van der Waals surface area contributed by atoms with Gasteiger partial charge >= 0.3 is 0 Å². The number of benzene rings is 2. The molecule has 6 heteroatoms. The number of amides is 2. The molecule has 3 rings (SSSR count). The van der Waals surface area contributed by atoms with Gasteiger partial charge in [-0.2, -0.15) is 0 Å². The Hall–Kier alpha value is -3.12. The van der Waals surface area contributed by atoms with Crippen molar-refractivity contribution in [2.24, 2.45) is 0 Å². The van der Waals surface area contributed by atoms with Crippen LogP contribution in [0.3, 0.4) is 0 Å². The summed E-state index contributed by atoms with van der Waals surface area (Å²) in [5, 5.41) is 3.26. The summed E-state index contributed by atoms with van der Waals surface area (Å²) in [7, 11) is 0. The van der Waals surface area contributed by atoms with Gasteiger partial charge < -0.3 is 14.8 Å². The molecule has 0 aromatic heterocycles. The summed E-state index contributed by atoms with van der Waals surface area (Å²) in [6.45, 7) is 11.4. The van der Waals surface area contributed by atoms with Gasteiger partial charge in [-0.1, -0.05) is 36.8 Å². The Bertz CT molecular complexity index is 1020. The first-order valence-electron chi connectivity index (χ1n) is 11.6. The molecule has 0 radical (unpaired) electrons. The molecule has 1 aliphatic heterocycles. The predicted molar refractivity (Wildman–Crippen MR) is 131 cm³/mol. The molecular formula is C27H34N2O4. The Kier molecular flexibility index (Phi) is 8.28. The van der Waals surface area contributed by atoms with Crippen LogP contribution in [0.4, 0.5) is 5.69 Å². The third-order valence-electron chi connectivity index (χ3n) is 5.40. The Labute approximate surface area is 196 Å². The highest BCUT2D eigenvalue weighted by Gasteiger charge is 2.39. The zero-order valence-electron chi connectivity index (χ0n) is 20.2. The molecule has 0 atom stereocenters. The summed E-state index contributed by atoms with van der Waals surface area (Å²) in [5.41, 5.74) is 4.32. The maximum absolute atomic E-state index is 13.4. The van der Waals surface area contributed by atoms with Crippen molar-refractivity contribution in [3.8, 4) is 5.75 Å². The van der Waals surface area contributed by atoms with E-state index in [2.05, 4.69) is 5.32 Å². The van der Waals surface area contributed by atoms with Gasteiger partial charge in [0.1, 0.15) is 11.4 Å². The number of anilines is 1. The van der Waals surface area contributed by atoms with E-state index in [4.69, 9.17) is 9.47 Å². The number of carbonyl (C=O) groups excluding carboxylic acids is 2. The lowest BCUT2D eigenvalue weighted by molar-refractivity contribution is -0.137. The molecule has 0 saturated heterocycles. The van der Waals surface area contributed by atoms with Crippen molar-refractivity contribution in [3.05, 3.63) is 64.9 Å². The monoisotopic (exact) mass is 450 g/mol. The number of hydrogen-bond donors (Lipinski definition) is 1. The van der Waals surface area contributed by atoms with Gasteiger partial charge in [0.15, 0.2) is 0 Å². The molecule has 1 heterocycles. The number of nitrogens with one attached hydrogen (secondary N) is 1. The van der Waals surface area contributed by atoms with Gasteiger partial charge in [0.2, 0.25) is 0 Å². The molecule has 33 heavy (non-hydrogen) atoms. The molecule has 1 N–H and O–H groups in total. The molecule has 0 fully saturated rings. The normalized spacial score (nSPS) is 13.9. The van der Waals surface area contributed by atoms with Crippen molar-refractivity contribution in [2.75, 3.05) is 25.1 Å². The number of hydrogen-bond acceptors (Lipinski definition) is 5. The van der Waals surface area contributed by atoms with Gasteiger partial charge in [0.05, 0.1) is 18.3 Å². The van der Waals surface area contributed by atoms with Crippen molar-refractivity contribution in [1.29, 1.82) is 0 Å². The fourth-order valence-electron chi connectivity index (χ4n) is 3.73. The molecule has 0 saturated carbocycles. The van der Waals surface area contributed by atoms with Crippen LogP contribution in [0.25, 0.3) is 5.57 Å². The van der Waals surface area contributed by atoms with Crippen LogP contribution in [0.15, 0.2) is 48.2 Å². The largest absolute Gasteiger partial charge is 0.494 e. The maximum Gasteiger partial charge on any atom is 0.278 e. The van der Waals surface area contributed by atoms with Crippen molar-refractivity contribution in [2.45, 2.75) is 53.6 Å². The minimum absolute atomic E-state index is 0.110. The summed E-state index contributed by atoms with van der Waals surface area (Å²) >= 11 is 0. The van der Waals surface area contributed by atoms with Crippen LogP contribution in [0.5, 0.6) is 5.75 Å². The second-order valence-electron chi connectivity index (χ2n) is 8.60. The van der Waals surface area contributed by atoms with Gasteiger partial charge in [0, 0.05) is 18.8 Å². The lowest BCUT2D eigenvalue weighted by Gasteiger charge is -2.16. The highest BCUT2D eigenvalue weighted by Crippen LogP contribution is 2.32. The smallest absolute Gasteiger partial charge is 0.278 e. The van der Waals surface area contributed by atoms with E-state index < -0.39 is 0 Å². The SMILES string of the molecule is CCCOc1ccc(C2=C(Nc3ccc(C)cc3C)C(=O)N(CCCOC(C)C)C2=O)cc1. The molecule has 0 unspecified atom stereocenters. The van der Waals surface area contributed by atoms with Crippen molar-refractivity contribution < 1.29 is 19.1 Å². The molecule has 176 valence electrons. The van der Waals surface area contributed by atoms with Crippen LogP contribution < -0.4 is 10.1 Å². The van der Waals surface area contributed by atoms with E-state index >= 15 is 0 Å². The Morgan fingerprint density at radius 1 is 0.970 bits per heavy atom. The first-order valence-corrected chi connectivity index (χ1v) is 11.6. The van der Waals surface area contributed by atoms with E-state index in [9.17, 15) is 9.59 Å². The lowest BCUT2D eigenvalue weighted by Crippen LogP contribution is -2.34. The fourth-order valence-corrected chi connectivity index (χ4v) is 3.73. The quantitative estimate of drug-likeness (QED) is 0.381. The van der Waals surface area contributed by atoms with Crippen molar-refractivity contribution in [1.82, 2.24) is 4.90 Å². The summed E-state index contributed by atoms with van der Waals surface area (Å²) in [4.78, 5) is 28.0. The average molecular weight is 451 g/mol. The second-order valence-corrected chi connectivity index (χ2v) is 8.60. The highest BCUT2D eigenvalue weighted by molar-refractivity contribution is 6.36. The number of aryl methyl sites for hydroxylation is 2. The number of ether oxygens (including phenoxy) is 2. The maximum atomic E-state index is 13.4. The van der Waals surface area contributed by atoms with Crippen LogP contribution in [-0.2, 0) is 14.3 Å². The zero-order valence-corrected chi connectivity index (χ0v) is 20.2. The highest BCUT2D eigenvalue weighted by atomic mass is 16.5. The predicted octanol–water partition coefficient (Wildman–Crippen LogP) is 5.10. The number of nitrogens with zero attached hydrogens (tertiary/aromatic N) is 1. The molecule has 2 aromatic carbocycles. The number of carbonyl (C=O) groups is 2. The second kappa shape index (κ2) is 11.1. The van der Waals surface area contributed by atoms with Crippen LogP contribution in [0.2, 0.25) is 0 Å². The summed E-state index contributed by atoms with van der Waals surface area (Å²) in [5.74, 6) is 0.134. The van der Waals surface area contributed by atoms with Crippen molar-refractivity contribution >= 4 is 23.1 Å². The molecule has 0 bridgehead atoms. The third kappa shape index (κ3) is 6.02. The summed E-state index contributed by atoms with van der Waals surface area (Å²) in [6, 6.07) is 13.3. The number of imide groups is 1. The van der Waals surface area contributed by atoms with Gasteiger partial charge in [-0.25, -0.2) is 0 Å². The van der Waals surface area contributed by atoms with E-state index in [0.29, 0.717) is 43.0 Å². The summed E-state index contributed by atoms with van der Waals surface area (Å²) < 4.78 is 11.3. The number of rotatable bonds is 11. The molecule has 1 aliphatic rings. The summed E-state index contributed by atoms with van der Waals surface area (Å²) in [6.07, 6.45) is 1.61. The van der Waals surface area contributed by atoms with Crippen LogP contribution in [-0.4, -0.2) is 42.6 Å². The van der Waals surface area contributed by atoms with E-state index in [-0.39, 0.29) is 17.9 Å². The fraction of sp³-hybridized carbons (Fsp3) is 0.407. The van der Waals surface area contributed by atoms with E-state index in [1.165, 1.54) is 4.90 Å². The van der Waals surface area contributed by atoms with E-state index in [1.54, 1.807) is 0 Å². The Morgan fingerprint density at radius 3 is 2.33 bits per heavy atom. The minimum Gasteiger partial charge on any atom is -0.494 e. The van der Waals surface area contributed by atoms with Gasteiger partial charge in [-0.3, -0.25) is 14.5 Å². The Morgan fingerprint density at radius 2 is 1.70 bits per heavy atom. The average Bonchev–Trinajstić information content (AvgIpc) is 3.01.